The summed E-state index contributed by atoms with van der Waals surface area (Å²) < 4.78 is 1.13. The van der Waals surface area contributed by atoms with Crippen molar-refractivity contribution in [2.45, 2.75) is 50.6 Å². The van der Waals surface area contributed by atoms with E-state index in [1.165, 1.54) is 32.1 Å². The second kappa shape index (κ2) is 8.01. The van der Waals surface area contributed by atoms with Gasteiger partial charge < -0.3 is 16.0 Å². The highest BCUT2D eigenvalue weighted by molar-refractivity contribution is 7.17. The van der Waals surface area contributed by atoms with E-state index >= 15 is 0 Å². The fourth-order valence-electron chi connectivity index (χ4n) is 4.17. The van der Waals surface area contributed by atoms with E-state index in [1.807, 2.05) is 12.3 Å². The molecule has 4 heterocycles. The van der Waals surface area contributed by atoms with Crippen LogP contribution in [0.5, 0.6) is 0 Å². The molecule has 0 aromatic carbocycles. The number of fused-ring (bicyclic) bond motifs is 1. The van der Waals surface area contributed by atoms with Crippen LogP contribution in [0.3, 0.4) is 0 Å². The predicted molar refractivity (Wildman–Crippen MR) is 116 cm³/mol. The molecule has 2 aliphatic rings. The van der Waals surface area contributed by atoms with Gasteiger partial charge >= 0.3 is 0 Å². The summed E-state index contributed by atoms with van der Waals surface area (Å²) in [6.45, 7) is 2.04. The topological polar surface area (TPSA) is 74.8 Å². The average molecular weight is 395 g/mol. The standard InChI is InChI=1S/C21H26N6S/c1-2-4-15(5-3-1)24-18-12-14(6-10-23-18)20-26-17-8-11-28-19(17)21(27-20)25-16-7-9-22-13-16/h6,8,10-12,15-16,22H,1-5,7,9,13H2,(H,23,24)(H,25,26,27). The molecule has 1 atom stereocenters. The van der Waals surface area contributed by atoms with Gasteiger partial charge in [0.25, 0.3) is 0 Å². The molecule has 7 heteroatoms. The Labute approximate surface area is 169 Å². The van der Waals surface area contributed by atoms with Crippen LogP contribution in [0.15, 0.2) is 29.8 Å². The van der Waals surface area contributed by atoms with Crippen molar-refractivity contribution >= 4 is 33.2 Å². The summed E-state index contributed by atoms with van der Waals surface area (Å²) in [7, 11) is 0. The number of pyridine rings is 1. The van der Waals surface area contributed by atoms with E-state index in [-0.39, 0.29) is 0 Å². The van der Waals surface area contributed by atoms with Gasteiger partial charge in [-0.2, -0.15) is 0 Å². The molecule has 1 saturated heterocycles. The number of nitrogens with one attached hydrogen (secondary N) is 3. The molecule has 1 saturated carbocycles. The van der Waals surface area contributed by atoms with E-state index in [9.17, 15) is 0 Å². The zero-order chi connectivity index (χ0) is 18.8. The minimum Gasteiger partial charge on any atom is -0.367 e. The average Bonchev–Trinajstić information content (AvgIpc) is 3.41. The number of anilines is 2. The summed E-state index contributed by atoms with van der Waals surface area (Å²) in [5.41, 5.74) is 2.01. The first kappa shape index (κ1) is 17.8. The van der Waals surface area contributed by atoms with Gasteiger partial charge in [-0.1, -0.05) is 19.3 Å². The van der Waals surface area contributed by atoms with Crippen LogP contribution in [0, 0.1) is 0 Å². The second-order valence-electron chi connectivity index (χ2n) is 7.77. The molecule has 3 aromatic heterocycles. The SMILES string of the molecule is c1cc(-c2nc(NC3CCNC3)c3sccc3n2)cc(NC2CCCCC2)n1. The normalized spacial score (nSPS) is 20.5. The number of nitrogens with zero attached hydrogens (tertiary/aromatic N) is 3. The third-order valence-electron chi connectivity index (χ3n) is 5.68. The molecular formula is C21H26N6S. The first-order chi connectivity index (χ1) is 13.8. The van der Waals surface area contributed by atoms with Crippen molar-refractivity contribution in [3.05, 3.63) is 29.8 Å². The summed E-state index contributed by atoms with van der Waals surface area (Å²) in [4.78, 5) is 14.2. The Morgan fingerprint density at radius 2 is 1.93 bits per heavy atom. The molecule has 0 bridgehead atoms. The first-order valence-corrected chi connectivity index (χ1v) is 11.2. The minimum absolute atomic E-state index is 0.425. The van der Waals surface area contributed by atoms with Gasteiger partial charge in [0.1, 0.15) is 11.6 Å². The number of hydrogen-bond acceptors (Lipinski definition) is 7. The number of aromatic nitrogens is 3. The van der Waals surface area contributed by atoms with Crippen molar-refractivity contribution in [2.75, 3.05) is 23.7 Å². The van der Waals surface area contributed by atoms with E-state index in [0.29, 0.717) is 12.1 Å². The summed E-state index contributed by atoms with van der Waals surface area (Å²) >= 11 is 1.70. The Hall–Kier alpha value is -2.25. The van der Waals surface area contributed by atoms with Gasteiger partial charge in [0.05, 0.1) is 10.2 Å². The van der Waals surface area contributed by atoms with Crippen LogP contribution in [0.4, 0.5) is 11.6 Å². The molecule has 3 N–H and O–H groups in total. The monoisotopic (exact) mass is 394 g/mol. The van der Waals surface area contributed by atoms with Crippen LogP contribution in [0.2, 0.25) is 0 Å². The smallest absolute Gasteiger partial charge is 0.162 e. The van der Waals surface area contributed by atoms with E-state index < -0.39 is 0 Å². The zero-order valence-electron chi connectivity index (χ0n) is 15.9. The summed E-state index contributed by atoms with van der Waals surface area (Å²) in [6, 6.07) is 7.12. The van der Waals surface area contributed by atoms with Gasteiger partial charge in [-0.15, -0.1) is 11.3 Å². The molecule has 146 valence electrons. The molecule has 2 fully saturated rings. The van der Waals surface area contributed by atoms with Gasteiger partial charge in [-0.3, -0.25) is 0 Å². The molecule has 3 aromatic rings. The summed E-state index contributed by atoms with van der Waals surface area (Å²) in [5, 5.41) is 12.7. The molecule has 0 radical (unpaired) electrons. The quantitative estimate of drug-likeness (QED) is 0.600. The van der Waals surface area contributed by atoms with Crippen molar-refractivity contribution < 1.29 is 0 Å². The first-order valence-electron chi connectivity index (χ1n) is 10.3. The molecule has 6 nitrogen and oxygen atoms in total. The molecule has 5 rings (SSSR count). The highest BCUT2D eigenvalue weighted by atomic mass is 32.1. The van der Waals surface area contributed by atoms with Crippen LogP contribution in [0.1, 0.15) is 38.5 Å². The van der Waals surface area contributed by atoms with E-state index in [2.05, 4.69) is 38.4 Å². The largest absolute Gasteiger partial charge is 0.367 e. The zero-order valence-corrected chi connectivity index (χ0v) is 16.8. The summed E-state index contributed by atoms with van der Waals surface area (Å²) in [6.07, 6.45) is 9.40. The maximum Gasteiger partial charge on any atom is 0.162 e. The van der Waals surface area contributed by atoms with Crippen LogP contribution >= 0.6 is 11.3 Å². The Morgan fingerprint density at radius 1 is 1.00 bits per heavy atom. The van der Waals surface area contributed by atoms with Crippen molar-refractivity contribution in [3.8, 4) is 11.4 Å². The van der Waals surface area contributed by atoms with Crippen LogP contribution in [-0.2, 0) is 0 Å². The van der Waals surface area contributed by atoms with Gasteiger partial charge in [0.15, 0.2) is 5.82 Å². The number of thiophene rings is 1. The van der Waals surface area contributed by atoms with Gasteiger partial charge in [0, 0.05) is 30.4 Å². The highest BCUT2D eigenvalue weighted by Gasteiger charge is 2.18. The van der Waals surface area contributed by atoms with Crippen LogP contribution in [-0.4, -0.2) is 40.1 Å². The van der Waals surface area contributed by atoms with E-state index in [0.717, 1.165) is 52.8 Å². The number of hydrogen-bond donors (Lipinski definition) is 3. The van der Waals surface area contributed by atoms with Crippen LogP contribution < -0.4 is 16.0 Å². The highest BCUT2D eigenvalue weighted by Crippen LogP contribution is 2.30. The van der Waals surface area contributed by atoms with Crippen molar-refractivity contribution in [2.24, 2.45) is 0 Å². The van der Waals surface area contributed by atoms with Crippen molar-refractivity contribution in [1.29, 1.82) is 0 Å². The predicted octanol–water partition coefficient (Wildman–Crippen LogP) is 4.27. The molecule has 0 spiro atoms. The lowest BCUT2D eigenvalue weighted by molar-refractivity contribution is 0.462. The minimum atomic E-state index is 0.425. The lowest BCUT2D eigenvalue weighted by Crippen LogP contribution is -2.23. The van der Waals surface area contributed by atoms with E-state index in [1.54, 1.807) is 11.3 Å². The Morgan fingerprint density at radius 3 is 2.79 bits per heavy atom. The lowest BCUT2D eigenvalue weighted by Gasteiger charge is -2.23. The summed E-state index contributed by atoms with van der Waals surface area (Å²) in [5.74, 6) is 2.63. The molecule has 1 unspecified atom stereocenters. The van der Waals surface area contributed by atoms with Gasteiger partial charge in [0.2, 0.25) is 0 Å². The third kappa shape index (κ3) is 3.82. The van der Waals surface area contributed by atoms with Crippen molar-refractivity contribution in [3.63, 3.8) is 0 Å². The Balaban J connectivity index is 1.44. The van der Waals surface area contributed by atoms with Crippen LogP contribution in [0.25, 0.3) is 21.6 Å². The molecule has 1 aliphatic heterocycles. The maximum atomic E-state index is 4.90. The Kier molecular flexibility index (Phi) is 5.10. The maximum absolute atomic E-state index is 4.90. The second-order valence-corrected chi connectivity index (χ2v) is 8.69. The molecule has 0 amide bonds. The lowest BCUT2D eigenvalue weighted by atomic mass is 9.95. The molecule has 1 aliphatic carbocycles. The number of rotatable bonds is 5. The fraction of sp³-hybridized carbons (Fsp3) is 0.476. The molecule has 28 heavy (non-hydrogen) atoms. The fourth-order valence-corrected chi connectivity index (χ4v) is 4.95. The van der Waals surface area contributed by atoms with Gasteiger partial charge in [-0.05, 0) is 49.4 Å². The van der Waals surface area contributed by atoms with Crippen molar-refractivity contribution in [1.82, 2.24) is 20.3 Å². The third-order valence-corrected chi connectivity index (χ3v) is 6.59. The molecular weight excluding hydrogens is 368 g/mol. The van der Waals surface area contributed by atoms with E-state index in [4.69, 9.17) is 9.97 Å². The van der Waals surface area contributed by atoms with Gasteiger partial charge in [-0.25, -0.2) is 15.0 Å². The Bertz CT molecular complexity index is 943.